The van der Waals surface area contributed by atoms with Crippen LogP contribution in [0.25, 0.3) is 0 Å². The van der Waals surface area contributed by atoms with Gasteiger partial charge in [0.25, 0.3) is 0 Å². The van der Waals surface area contributed by atoms with Gasteiger partial charge in [0.15, 0.2) is 0 Å². The second kappa shape index (κ2) is 7.74. The molecular formula is C17H21FN2O. The highest BCUT2D eigenvalue weighted by atomic mass is 19.1. The van der Waals surface area contributed by atoms with Gasteiger partial charge in [-0.2, -0.15) is 0 Å². The molecule has 1 aromatic heterocycles. The molecule has 0 bridgehead atoms. The Morgan fingerprint density at radius 1 is 1.19 bits per heavy atom. The van der Waals surface area contributed by atoms with E-state index in [0.29, 0.717) is 18.8 Å². The number of hydrogen-bond donors (Lipinski definition) is 1. The molecule has 3 nitrogen and oxygen atoms in total. The van der Waals surface area contributed by atoms with Crippen molar-refractivity contribution in [3.05, 3.63) is 59.7 Å². The molecule has 0 saturated heterocycles. The number of aromatic nitrogens is 1. The number of nitrogens with zero attached hydrogens (tertiary/aromatic N) is 1. The molecular weight excluding hydrogens is 267 g/mol. The largest absolute Gasteiger partial charge is 0.493 e. The number of rotatable bonds is 7. The van der Waals surface area contributed by atoms with Crippen LogP contribution in [0.15, 0.2) is 42.7 Å². The molecule has 0 amide bonds. The number of hydrogen-bond acceptors (Lipinski definition) is 3. The Balaban J connectivity index is 1.93. The molecule has 0 aliphatic heterocycles. The molecule has 112 valence electrons. The summed E-state index contributed by atoms with van der Waals surface area (Å²) in [5.41, 5.74) is 7.94. The van der Waals surface area contributed by atoms with Crippen LogP contribution in [0.3, 0.4) is 0 Å². The summed E-state index contributed by atoms with van der Waals surface area (Å²) in [5.74, 6) is 0.275. The molecule has 2 N–H and O–H groups in total. The lowest BCUT2D eigenvalue weighted by Crippen LogP contribution is -2.21. The quantitative estimate of drug-likeness (QED) is 0.851. The van der Waals surface area contributed by atoms with Crippen molar-refractivity contribution in [2.45, 2.75) is 32.2 Å². The van der Waals surface area contributed by atoms with Crippen LogP contribution in [0.1, 0.15) is 24.5 Å². The molecule has 0 aliphatic rings. The minimum absolute atomic E-state index is 0.0523. The zero-order valence-electron chi connectivity index (χ0n) is 12.3. The molecule has 0 aliphatic carbocycles. The molecule has 0 radical (unpaired) electrons. The van der Waals surface area contributed by atoms with Crippen molar-refractivity contribution >= 4 is 0 Å². The van der Waals surface area contributed by atoms with E-state index in [4.69, 9.17) is 10.5 Å². The first-order chi connectivity index (χ1) is 10.2. The standard InChI is InChI=1S/C17H21FN2O/c1-2-16(19)10-14-9-15(18)12-17(11-14)21-8-5-13-3-6-20-7-4-13/h3-4,6-7,9,11-12,16H,2,5,8,10,19H2,1H3. The van der Waals surface area contributed by atoms with Gasteiger partial charge < -0.3 is 10.5 Å². The number of nitrogens with two attached hydrogens (primary N) is 1. The van der Waals surface area contributed by atoms with Gasteiger partial charge in [-0.05, 0) is 48.2 Å². The highest BCUT2D eigenvalue weighted by Gasteiger charge is 2.06. The summed E-state index contributed by atoms with van der Waals surface area (Å²) < 4.78 is 19.2. The van der Waals surface area contributed by atoms with E-state index in [9.17, 15) is 4.39 Å². The fourth-order valence-corrected chi connectivity index (χ4v) is 2.11. The fourth-order valence-electron chi connectivity index (χ4n) is 2.11. The Kier molecular flexibility index (Phi) is 5.69. The lowest BCUT2D eigenvalue weighted by molar-refractivity contribution is 0.319. The average molecular weight is 288 g/mol. The van der Waals surface area contributed by atoms with Crippen molar-refractivity contribution in [3.8, 4) is 5.75 Å². The second-order valence-corrected chi connectivity index (χ2v) is 5.12. The van der Waals surface area contributed by atoms with Crippen molar-refractivity contribution in [1.82, 2.24) is 4.98 Å². The van der Waals surface area contributed by atoms with E-state index in [2.05, 4.69) is 4.98 Å². The number of pyridine rings is 1. The summed E-state index contributed by atoms with van der Waals surface area (Å²) in [6, 6.07) is 8.74. The topological polar surface area (TPSA) is 48.1 Å². The minimum atomic E-state index is -0.283. The zero-order chi connectivity index (χ0) is 15.1. The number of benzene rings is 1. The first-order valence-corrected chi connectivity index (χ1v) is 7.24. The molecule has 1 heterocycles. The van der Waals surface area contributed by atoms with Gasteiger partial charge in [-0.25, -0.2) is 4.39 Å². The fraction of sp³-hybridized carbons (Fsp3) is 0.353. The SMILES string of the molecule is CCC(N)Cc1cc(F)cc(OCCc2ccncc2)c1. The first kappa shape index (κ1) is 15.4. The van der Waals surface area contributed by atoms with E-state index >= 15 is 0 Å². The van der Waals surface area contributed by atoms with Gasteiger partial charge >= 0.3 is 0 Å². The summed E-state index contributed by atoms with van der Waals surface area (Å²) in [5, 5.41) is 0. The smallest absolute Gasteiger partial charge is 0.127 e. The van der Waals surface area contributed by atoms with E-state index in [-0.39, 0.29) is 11.9 Å². The monoisotopic (exact) mass is 288 g/mol. The van der Waals surface area contributed by atoms with E-state index < -0.39 is 0 Å². The predicted molar refractivity (Wildman–Crippen MR) is 81.8 cm³/mol. The van der Waals surface area contributed by atoms with Gasteiger partial charge in [-0.3, -0.25) is 4.98 Å². The van der Waals surface area contributed by atoms with Crippen LogP contribution in [-0.4, -0.2) is 17.6 Å². The Bertz CT molecular complexity index is 560. The van der Waals surface area contributed by atoms with Crippen LogP contribution in [0.5, 0.6) is 5.75 Å². The van der Waals surface area contributed by atoms with Crippen LogP contribution in [0.2, 0.25) is 0 Å². The van der Waals surface area contributed by atoms with Gasteiger partial charge in [0, 0.05) is 30.9 Å². The molecule has 2 rings (SSSR count). The number of halogens is 1. The lowest BCUT2D eigenvalue weighted by atomic mass is 10.0. The van der Waals surface area contributed by atoms with Crippen molar-refractivity contribution in [3.63, 3.8) is 0 Å². The highest BCUT2D eigenvalue weighted by molar-refractivity contribution is 5.30. The average Bonchev–Trinajstić information content (AvgIpc) is 2.47. The van der Waals surface area contributed by atoms with Gasteiger partial charge in [-0.15, -0.1) is 0 Å². The van der Waals surface area contributed by atoms with Crippen LogP contribution in [-0.2, 0) is 12.8 Å². The summed E-state index contributed by atoms with van der Waals surface area (Å²) >= 11 is 0. The third-order valence-corrected chi connectivity index (χ3v) is 3.36. The molecule has 0 spiro atoms. The molecule has 0 saturated carbocycles. The van der Waals surface area contributed by atoms with Crippen LogP contribution in [0.4, 0.5) is 4.39 Å². The van der Waals surface area contributed by atoms with E-state index in [1.807, 2.05) is 25.1 Å². The second-order valence-electron chi connectivity index (χ2n) is 5.12. The molecule has 1 unspecified atom stereocenters. The Hall–Kier alpha value is -1.94. The van der Waals surface area contributed by atoms with Crippen molar-refractivity contribution in [1.29, 1.82) is 0 Å². The summed E-state index contributed by atoms with van der Waals surface area (Å²) in [6.07, 6.45) is 5.80. The third-order valence-electron chi connectivity index (χ3n) is 3.36. The number of ether oxygens (including phenoxy) is 1. The zero-order valence-corrected chi connectivity index (χ0v) is 12.3. The van der Waals surface area contributed by atoms with Crippen molar-refractivity contribution < 1.29 is 9.13 Å². The Morgan fingerprint density at radius 2 is 1.95 bits per heavy atom. The molecule has 4 heteroatoms. The molecule has 0 fully saturated rings. The Morgan fingerprint density at radius 3 is 2.67 bits per heavy atom. The van der Waals surface area contributed by atoms with Crippen LogP contribution >= 0.6 is 0 Å². The maximum atomic E-state index is 13.6. The van der Waals surface area contributed by atoms with Gasteiger partial charge in [0.05, 0.1) is 6.61 Å². The predicted octanol–water partition coefficient (Wildman–Crippen LogP) is 3.12. The van der Waals surface area contributed by atoms with Gasteiger partial charge in [0.1, 0.15) is 11.6 Å². The third kappa shape index (κ3) is 5.16. The normalized spacial score (nSPS) is 12.1. The van der Waals surface area contributed by atoms with E-state index in [0.717, 1.165) is 24.0 Å². The van der Waals surface area contributed by atoms with Gasteiger partial charge in [0.2, 0.25) is 0 Å². The van der Waals surface area contributed by atoms with Crippen LogP contribution in [0, 0.1) is 5.82 Å². The van der Waals surface area contributed by atoms with E-state index in [1.165, 1.54) is 12.1 Å². The minimum Gasteiger partial charge on any atom is -0.493 e. The first-order valence-electron chi connectivity index (χ1n) is 7.24. The highest BCUT2D eigenvalue weighted by Crippen LogP contribution is 2.18. The molecule has 21 heavy (non-hydrogen) atoms. The molecule has 1 aromatic carbocycles. The summed E-state index contributed by atoms with van der Waals surface area (Å²) in [4.78, 5) is 3.97. The van der Waals surface area contributed by atoms with Gasteiger partial charge in [-0.1, -0.05) is 6.92 Å². The molecule has 2 aromatic rings. The maximum absolute atomic E-state index is 13.6. The Labute approximate surface area is 125 Å². The maximum Gasteiger partial charge on any atom is 0.127 e. The van der Waals surface area contributed by atoms with Crippen molar-refractivity contribution in [2.24, 2.45) is 5.73 Å². The summed E-state index contributed by atoms with van der Waals surface area (Å²) in [7, 11) is 0. The van der Waals surface area contributed by atoms with Crippen molar-refractivity contribution in [2.75, 3.05) is 6.61 Å². The lowest BCUT2D eigenvalue weighted by Gasteiger charge is -2.11. The van der Waals surface area contributed by atoms with Crippen LogP contribution < -0.4 is 10.5 Å². The van der Waals surface area contributed by atoms with E-state index in [1.54, 1.807) is 12.4 Å². The summed E-state index contributed by atoms with van der Waals surface area (Å²) in [6.45, 7) is 2.53. The molecule has 1 atom stereocenters.